The molecule has 0 aromatic rings. The fraction of sp³-hybridized carbons (Fsp3) is 0.784. The van der Waals surface area contributed by atoms with Crippen molar-refractivity contribution in [3.8, 4) is 0 Å². The van der Waals surface area contributed by atoms with Crippen molar-refractivity contribution in [2.75, 3.05) is 19.7 Å². The standard InChI is InChI=1S/C37H60N6O10/c1-3-5-17-27(34(38)49)40-30(45)20-39-36(51)33(48)26(12-4-2)41-35(50)28-19-25(53-22-31(46)47)21-43(28)37(52)32(24-15-10-7-11-16-24)42-29(44)18-23-13-8-6-9-14-23/h23-28,32H,3-22H2,1-2H3,(H2,38,49)(H,39,51)(H,40,45)(H,41,50)(H,42,44)(H,46,47)/t25-,26?,27?,28+,32?/m1/s1. The molecule has 3 unspecified atom stereocenters. The lowest BCUT2D eigenvalue weighted by atomic mass is 9.82. The summed E-state index contributed by atoms with van der Waals surface area (Å²) < 4.78 is 5.53. The first-order valence-electron chi connectivity index (χ1n) is 19.5. The minimum Gasteiger partial charge on any atom is -0.480 e. The third kappa shape index (κ3) is 14.0. The fourth-order valence-corrected chi connectivity index (χ4v) is 7.68. The third-order valence-electron chi connectivity index (χ3n) is 10.6. The van der Waals surface area contributed by atoms with Crippen molar-refractivity contribution in [2.24, 2.45) is 17.6 Å². The lowest BCUT2D eigenvalue weighted by molar-refractivity contribution is -0.145. The Balaban J connectivity index is 1.74. The Hall–Kier alpha value is -4.08. The zero-order valence-electron chi connectivity index (χ0n) is 31.3. The molecule has 16 heteroatoms. The quantitative estimate of drug-likeness (QED) is 0.0917. The SMILES string of the molecule is CCCCC(NC(=O)CNC(=O)C(=O)C(CCC)NC(=O)[C@@H]1C[C@@H](OCC(=O)O)CN1C(=O)C(NC(=O)CC1CCCCC1)C1CCCCC1)C(N)=O. The minimum atomic E-state index is -1.29. The lowest BCUT2D eigenvalue weighted by Crippen LogP contribution is -2.58. The number of nitrogens with zero attached hydrogens (tertiary/aromatic N) is 1. The number of Topliss-reactive ketones (excluding diaryl/α,β-unsaturated/α-hetero) is 1. The summed E-state index contributed by atoms with van der Waals surface area (Å²) in [5, 5.41) is 19.6. The maximum atomic E-state index is 14.4. The van der Waals surface area contributed by atoms with Crippen LogP contribution in [0.2, 0.25) is 0 Å². The summed E-state index contributed by atoms with van der Waals surface area (Å²) >= 11 is 0. The average Bonchev–Trinajstić information content (AvgIpc) is 3.58. The first-order valence-corrected chi connectivity index (χ1v) is 19.5. The number of aliphatic carboxylic acids is 1. The van der Waals surface area contributed by atoms with Crippen LogP contribution < -0.4 is 27.0 Å². The van der Waals surface area contributed by atoms with E-state index in [1.165, 1.54) is 4.90 Å². The Bertz CT molecular complexity index is 1300. The highest BCUT2D eigenvalue weighted by molar-refractivity contribution is 6.38. The summed E-state index contributed by atoms with van der Waals surface area (Å²) in [6, 6.07) is -4.28. The number of ether oxygens (including phenoxy) is 1. The second kappa shape index (κ2) is 22.2. The Morgan fingerprint density at radius 3 is 2.08 bits per heavy atom. The van der Waals surface area contributed by atoms with Crippen LogP contribution in [0.15, 0.2) is 0 Å². The summed E-state index contributed by atoms with van der Waals surface area (Å²) in [6.07, 6.45) is 11.2. The van der Waals surface area contributed by atoms with E-state index in [4.69, 9.17) is 10.5 Å². The third-order valence-corrected chi connectivity index (χ3v) is 10.6. The maximum Gasteiger partial charge on any atom is 0.329 e. The van der Waals surface area contributed by atoms with Gasteiger partial charge in [0.2, 0.25) is 35.3 Å². The number of carbonyl (C=O) groups is 8. The van der Waals surface area contributed by atoms with Crippen molar-refractivity contribution in [1.82, 2.24) is 26.2 Å². The molecule has 0 spiro atoms. The molecule has 3 rings (SSSR count). The molecular weight excluding hydrogens is 688 g/mol. The highest BCUT2D eigenvalue weighted by Gasteiger charge is 2.45. The second-order valence-corrected chi connectivity index (χ2v) is 14.8. The minimum absolute atomic E-state index is 0.0588. The van der Waals surface area contributed by atoms with Gasteiger partial charge in [-0.15, -0.1) is 0 Å². The summed E-state index contributed by atoms with van der Waals surface area (Å²) in [6.45, 7) is 2.32. The number of rotatable bonds is 21. The molecule has 53 heavy (non-hydrogen) atoms. The molecule has 0 aromatic heterocycles. The number of amides is 6. The van der Waals surface area contributed by atoms with Crippen LogP contribution in [0.5, 0.6) is 0 Å². The van der Waals surface area contributed by atoms with Crippen LogP contribution in [0.3, 0.4) is 0 Å². The molecule has 6 amide bonds. The zero-order valence-corrected chi connectivity index (χ0v) is 31.3. The molecule has 3 fully saturated rings. The highest BCUT2D eigenvalue weighted by atomic mass is 16.5. The highest BCUT2D eigenvalue weighted by Crippen LogP contribution is 2.31. The Labute approximate surface area is 311 Å². The van der Waals surface area contributed by atoms with Gasteiger partial charge in [0.05, 0.1) is 18.7 Å². The molecule has 0 radical (unpaired) electrons. The number of primary amides is 1. The smallest absolute Gasteiger partial charge is 0.329 e. The number of unbranched alkanes of at least 4 members (excludes halogenated alkanes) is 1. The largest absolute Gasteiger partial charge is 0.480 e. The molecule has 2 aliphatic carbocycles. The molecule has 7 N–H and O–H groups in total. The van der Waals surface area contributed by atoms with Crippen molar-refractivity contribution >= 4 is 47.2 Å². The molecule has 16 nitrogen and oxygen atoms in total. The number of carboxylic acid groups (broad SMARTS) is 1. The molecule has 0 aromatic carbocycles. The van der Waals surface area contributed by atoms with Crippen LogP contribution in [0.25, 0.3) is 0 Å². The average molecular weight is 749 g/mol. The number of ketones is 1. The molecule has 0 bridgehead atoms. The molecular formula is C37H60N6O10. The zero-order chi connectivity index (χ0) is 38.9. The molecule has 5 atom stereocenters. The van der Waals surface area contributed by atoms with Gasteiger partial charge >= 0.3 is 5.97 Å². The maximum absolute atomic E-state index is 14.4. The van der Waals surface area contributed by atoms with Crippen LogP contribution in [0.4, 0.5) is 0 Å². The van der Waals surface area contributed by atoms with Gasteiger partial charge in [0.25, 0.3) is 5.91 Å². The van der Waals surface area contributed by atoms with E-state index in [0.29, 0.717) is 25.7 Å². The molecule has 1 saturated heterocycles. The normalized spacial score (nSPS) is 21.1. The number of carboxylic acids is 1. The van der Waals surface area contributed by atoms with Crippen molar-refractivity contribution in [3.63, 3.8) is 0 Å². The van der Waals surface area contributed by atoms with Crippen molar-refractivity contribution < 1.29 is 48.2 Å². The van der Waals surface area contributed by atoms with Crippen LogP contribution in [-0.2, 0) is 43.1 Å². The predicted octanol–water partition coefficient (Wildman–Crippen LogP) is 1.22. The molecule has 1 heterocycles. The van der Waals surface area contributed by atoms with Crippen LogP contribution in [0, 0.1) is 11.8 Å². The topological polar surface area (TPSA) is 243 Å². The van der Waals surface area contributed by atoms with E-state index < -0.39 is 84.7 Å². The van der Waals surface area contributed by atoms with Gasteiger partial charge in [-0.05, 0) is 50.4 Å². The number of likely N-dealkylation sites (tertiary alicyclic amines) is 1. The first-order chi connectivity index (χ1) is 25.3. The van der Waals surface area contributed by atoms with E-state index in [1.807, 2.05) is 6.92 Å². The van der Waals surface area contributed by atoms with Crippen LogP contribution in [0.1, 0.15) is 123 Å². The van der Waals surface area contributed by atoms with Gasteiger partial charge in [-0.1, -0.05) is 71.6 Å². The van der Waals surface area contributed by atoms with E-state index in [2.05, 4.69) is 21.3 Å². The van der Waals surface area contributed by atoms with Gasteiger partial charge in [0.1, 0.15) is 24.7 Å². The van der Waals surface area contributed by atoms with Crippen LogP contribution >= 0.6 is 0 Å². The lowest BCUT2D eigenvalue weighted by Gasteiger charge is -2.35. The van der Waals surface area contributed by atoms with Gasteiger partial charge < -0.3 is 41.7 Å². The van der Waals surface area contributed by atoms with Gasteiger partial charge in [-0.3, -0.25) is 33.6 Å². The van der Waals surface area contributed by atoms with Gasteiger partial charge in [-0.25, -0.2) is 4.79 Å². The Morgan fingerprint density at radius 2 is 1.47 bits per heavy atom. The summed E-state index contributed by atoms with van der Waals surface area (Å²) in [5.74, 6) is -6.08. The van der Waals surface area contributed by atoms with E-state index in [0.717, 1.165) is 70.6 Å². The molecule has 3 aliphatic rings. The van der Waals surface area contributed by atoms with E-state index >= 15 is 0 Å². The number of carbonyl (C=O) groups excluding carboxylic acids is 7. The number of nitrogens with one attached hydrogen (secondary N) is 4. The summed E-state index contributed by atoms with van der Waals surface area (Å²) in [7, 11) is 0. The first kappa shape index (κ1) is 43.3. The van der Waals surface area contributed by atoms with Crippen LogP contribution in [-0.4, -0.2) is 107 Å². The van der Waals surface area contributed by atoms with Gasteiger partial charge in [-0.2, -0.15) is 0 Å². The van der Waals surface area contributed by atoms with E-state index in [-0.39, 0.29) is 37.1 Å². The molecule has 2 saturated carbocycles. The predicted molar refractivity (Wildman–Crippen MR) is 193 cm³/mol. The summed E-state index contributed by atoms with van der Waals surface area (Å²) in [5.41, 5.74) is 5.37. The van der Waals surface area contributed by atoms with E-state index in [9.17, 15) is 43.5 Å². The molecule has 1 aliphatic heterocycles. The van der Waals surface area contributed by atoms with Crippen molar-refractivity contribution in [3.05, 3.63) is 0 Å². The Kier molecular flexibility index (Phi) is 18.2. The van der Waals surface area contributed by atoms with Crippen molar-refractivity contribution in [2.45, 2.75) is 153 Å². The van der Waals surface area contributed by atoms with E-state index in [1.54, 1.807) is 6.92 Å². The Morgan fingerprint density at radius 1 is 0.811 bits per heavy atom. The number of hydrogen-bond donors (Lipinski definition) is 6. The van der Waals surface area contributed by atoms with Gasteiger partial charge in [0, 0.05) is 19.4 Å². The number of nitrogens with two attached hydrogens (primary N) is 1. The monoisotopic (exact) mass is 748 g/mol. The number of hydrogen-bond acceptors (Lipinski definition) is 9. The van der Waals surface area contributed by atoms with Gasteiger partial charge in [0.15, 0.2) is 0 Å². The molecule has 298 valence electrons. The summed E-state index contributed by atoms with van der Waals surface area (Å²) in [4.78, 5) is 105. The van der Waals surface area contributed by atoms with Crippen molar-refractivity contribution in [1.29, 1.82) is 0 Å². The fourth-order valence-electron chi connectivity index (χ4n) is 7.68. The second-order valence-electron chi connectivity index (χ2n) is 14.8.